The lowest BCUT2D eigenvalue weighted by Crippen LogP contribution is -1.87. The van der Waals surface area contributed by atoms with Crippen molar-refractivity contribution in [3.8, 4) is 0 Å². The average Bonchev–Trinajstić information content (AvgIpc) is 3.11. The molecule has 17 heavy (non-hydrogen) atoms. The fourth-order valence-corrected chi connectivity index (χ4v) is 2.75. The van der Waals surface area contributed by atoms with Crippen LogP contribution in [0, 0.1) is 6.92 Å². The van der Waals surface area contributed by atoms with Crippen LogP contribution in [-0.4, -0.2) is 0 Å². The van der Waals surface area contributed by atoms with Crippen molar-refractivity contribution in [2.75, 3.05) is 0 Å². The first kappa shape index (κ1) is 10.9. The molecule has 0 aromatic heterocycles. The second kappa shape index (κ2) is 4.19. The van der Waals surface area contributed by atoms with Crippen LogP contribution in [0.3, 0.4) is 0 Å². The first-order chi connectivity index (χ1) is 8.25. The van der Waals surface area contributed by atoms with E-state index < -0.39 is 0 Å². The molecule has 1 heteroatoms. The Morgan fingerprint density at radius 3 is 2.35 bits per heavy atom. The molecule has 1 fully saturated rings. The topological polar surface area (TPSA) is 0 Å². The summed E-state index contributed by atoms with van der Waals surface area (Å²) in [6.07, 6.45) is 1.27. The van der Waals surface area contributed by atoms with E-state index in [2.05, 4.69) is 43.3 Å². The van der Waals surface area contributed by atoms with Crippen LogP contribution in [0.25, 0.3) is 0 Å². The number of hydrogen-bond acceptors (Lipinski definition) is 0. The van der Waals surface area contributed by atoms with Crippen molar-refractivity contribution in [3.05, 3.63) is 70.2 Å². The molecule has 86 valence electrons. The summed E-state index contributed by atoms with van der Waals surface area (Å²) in [7, 11) is 0. The van der Waals surface area contributed by atoms with E-state index in [1.54, 1.807) is 0 Å². The molecule has 2 aromatic carbocycles. The first-order valence-electron chi connectivity index (χ1n) is 6.06. The third-order valence-corrected chi connectivity index (χ3v) is 3.93. The van der Waals surface area contributed by atoms with Crippen LogP contribution in [0.2, 0.25) is 5.02 Å². The monoisotopic (exact) mass is 242 g/mol. The van der Waals surface area contributed by atoms with Gasteiger partial charge >= 0.3 is 0 Å². The van der Waals surface area contributed by atoms with Crippen molar-refractivity contribution < 1.29 is 0 Å². The summed E-state index contributed by atoms with van der Waals surface area (Å²) in [6, 6.07) is 17.0. The Balaban J connectivity index is 1.83. The van der Waals surface area contributed by atoms with Crippen molar-refractivity contribution in [3.63, 3.8) is 0 Å². The van der Waals surface area contributed by atoms with E-state index >= 15 is 0 Å². The lowest BCUT2D eigenvalue weighted by atomic mass is 10.0. The molecule has 0 N–H and O–H groups in total. The van der Waals surface area contributed by atoms with E-state index in [1.165, 1.54) is 23.1 Å². The van der Waals surface area contributed by atoms with Crippen LogP contribution in [0.1, 0.15) is 34.9 Å². The second-order valence-corrected chi connectivity index (χ2v) is 5.29. The largest absolute Gasteiger partial charge is 0.0843 e. The minimum atomic E-state index is 0.688. The third kappa shape index (κ3) is 2.10. The van der Waals surface area contributed by atoms with Crippen molar-refractivity contribution >= 4 is 11.6 Å². The molecule has 0 bridgehead atoms. The molecule has 0 nitrogen and oxygen atoms in total. The Kier molecular flexibility index (Phi) is 2.68. The molecule has 2 aromatic rings. The molecule has 0 unspecified atom stereocenters. The highest BCUT2D eigenvalue weighted by atomic mass is 35.5. The molecular formula is C16H15Cl. The van der Waals surface area contributed by atoms with Gasteiger partial charge in [0.1, 0.15) is 0 Å². The van der Waals surface area contributed by atoms with Gasteiger partial charge in [-0.15, -0.1) is 0 Å². The Labute approximate surface area is 107 Å². The summed E-state index contributed by atoms with van der Waals surface area (Å²) in [5.74, 6) is 1.39. The lowest BCUT2D eigenvalue weighted by Gasteiger charge is -2.05. The highest BCUT2D eigenvalue weighted by molar-refractivity contribution is 6.30. The third-order valence-electron chi connectivity index (χ3n) is 3.68. The first-order valence-corrected chi connectivity index (χ1v) is 6.44. The summed E-state index contributed by atoms with van der Waals surface area (Å²) < 4.78 is 0. The normalized spacial score (nSPS) is 22.5. The summed E-state index contributed by atoms with van der Waals surface area (Å²) in [6.45, 7) is 2.20. The molecule has 1 aliphatic carbocycles. The van der Waals surface area contributed by atoms with Gasteiger partial charge in [-0.1, -0.05) is 48.0 Å². The second-order valence-electron chi connectivity index (χ2n) is 4.86. The van der Waals surface area contributed by atoms with Crippen molar-refractivity contribution in [1.29, 1.82) is 0 Å². The summed E-state index contributed by atoms with van der Waals surface area (Å²) in [4.78, 5) is 0. The summed E-state index contributed by atoms with van der Waals surface area (Å²) >= 11 is 5.92. The molecule has 0 radical (unpaired) electrons. The predicted molar refractivity (Wildman–Crippen MR) is 72.7 cm³/mol. The Morgan fingerprint density at radius 1 is 0.941 bits per heavy atom. The van der Waals surface area contributed by atoms with Crippen LogP contribution in [0.5, 0.6) is 0 Å². The molecule has 2 atom stereocenters. The molecule has 1 aliphatic rings. The van der Waals surface area contributed by atoms with Crippen LogP contribution >= 0.6 is 11.6 Å². The summed E-state index contributed by atoms with van der Waals surface area (Å²) in [5.41, 5.74) is 4.34. The lowest BCUT2D eigenvalue weighted by molar-refractivity contribution is 1.01. The standard InChI is InChI=1S/C16H15Cl/c1-11-4-2-3-5-14(11)16-10-15(16)12-6-8-13(17)9-7-12/h2-9,15-16H,10H2,1H3/t15-,16+/m1/s1. The minimum Gasteiger partial charge on any atom is -0.0843 e. The fraction of sp³-hybridized carbons (Fsp3) is 0.250. The summed E-state index contributed by atoms with van der Waals surface area (Å²) in [5, 5.41) is 0.821. The maximum Gasteiger partial charge on any atom is 0.0406 e. The van der Waals surface area contributed by atoms with Crippen molar-refractivity contribution in [2.24, 2.45) is 0 Å². The molecule has 3 rings (SSSR count). The number of halogens is 1. The van der Waals surface area contributed by atoms with Crippen LogP contribution < -0.4 is 0 Å². The van der Waals surface area contributed by atoms with E-state index in [4.69, 9.17) is 11.6 Å². The van der Waals surface area contributed by atoms with Gasteiger partial charge in [0.05, 0.1) is 0 Å². The quantitative estimate of drug-likeness (QED) is 0.701. The Hall–Kier alpha value is -1.27. The fourth-order valence-electron chi connectivity index (χ4n) is 2.62. The van der Waals surface area contributed by atoms with E-state index in [0.717, 1.165) is 5.02 Å². The maximum atomic E-state index is 5.92. The maximum absolute atomic E-state index is 5.92. The number of rotatable bonds is 2. The van der Waals surface area contributed by atoms with Crippen LogP contribution in [0.15, 0.2) is 48.5 Å². The smallest absolute Gasteiger partial charge is 0.0406 e. The van der Waals surface area contributed by atoms with Gasteiger partial charge < -0.3 is 0 Å². The van der Waals surface area contributed by atoms with E-state index in [0.29, 0.717) is 11.8 Å². The predicted octanol–water partition coefficient (Wildman–Crippen LogP) is 4.92. The van der Waals surface area contributed by atoms with Gasteiger partial charge in [-0.3, -0.25) is 0 Å². The van der Waals surface area contributed by atoms with Gasteiger partial charge in [-0.05, 0) is 54.0 Å². The molecule has 0 saturated heterocycles. The van der Waals surface area contributed by atoms with E-state index in [9.17, 15) is 0 Å². The zero-order valence-corrected chi connectivity index (χ0v) is 10.6. The molecule has 0 spiro atoms. The van der Waals surface area contributed by atoms with Gasteiger partial charge in [0, 0.05) is 5.02 Å². The average molecular weight is 243 g/mol. The van der Waals surface area contributed by atoms with Crippen molar-refractivity contribution in [1.82, 2.24) is 0 Å². The van der Waals surface area contributed by atoms with E-state index in [1.807, 2.05) is 12.1 Å². The van der Waals surface area contributed by atoms with Gasteiger partial charge in [0.25, 0.3) is 0 Å². The Bertz CT molecular complexity index is 527. The molecule has 0 amide bonds. The van der Waals surface area contributed by atoms with Gasteiger partial charge in [-0.25, -0.2) is 0 Å². The van der Waals surface area contributed by atoms with Gasteiger partial charge in [0.15, 0.2) is 0 Å². The van der Waals surface area contributed by atoms with E-state index in [-0.39, 0.29) is 0 Å². The number of aryl methyl sites for hydroxylation is 1. The zero-order chi connectivity index (χ0) is 11.8. The van der Waals surface area contributed by atoms with Crippen LogP contribution in [0.4, 0.5) is 0 Å². The number of hydrogen-bond donors (Lipinski definition) is 0. The SMILES string of the molecule is Cc1ccccc1[C@@H]1C[C@@H]1c1ccc(Cl)cc1. The number of benzene rings is 2. The highest BCUT2D eigenvalue weighted by Crippen LogP contribution is 2.55. The Morgan fingerprint density at radius 2 is 1.65 bits per heavy atom. The molecule has 1 saturated carbocycles. The van der Waals surface area contributed by atoms with Crippen LogP contribution in [-0.2, 0) is 0 Å². The molecule has 0 aliphatic heterocycles. The van der Waals surface area contributed by atoms with Gasteiger partial charge in [0.2, 0.25) is 0 Å². The zero-order valence-electron chi connectivity index (χ0n) is 9.86. The molecule has 0 heterocycles. The minimum absolute atomic E-state index is 0.688. The molecular weight excluding hydrogens is 228 g/mol. The highest BCUT2D eigenvalue weighted by Gasteiger charge is 2.39. The van der Waals surface area contributed by atoms with Crippen molar-refractivity contribution in [2.45, 2.75) is 25.2 Å². The van der Waals surface area contributed by atoms with Gasteiger partial charge in [-0.2, -0.15) is 0 Å².